The van der Waals surface area contributed by atoms with Gasteiger partial charge in [0.15, 0.2) is 0 Å². The van der Waals surface area contributed by atoms with Crippen molar-refractivity contribution in [1.82, 2.24) is 4.98 Å². The lowest BCUT2D eigenvalue weighted by molar-refractivity contribution is 0.302. The van der Waals surface area contributed by atoms with Crippen LogP contribution in [0.5, 0.6) is 11.5 Å². The molecule has 0 N–H and O–H groups in total. The fourth-order valence-electron chi connectivity index (χ4n) is 3.80. The summed E-state index contributed by atoms with van der Waals surface area (Å²) in [6.07, 6.45) is 0. The smallest absolute Gasteiger partial charge is 0.129 e. The lowest BCUT2D eigenvalue weighted by Crippen LogP contribution is -2.09. The molecule has 4 heteroatoms. The van der Waals surface area contributed by atoms with Crippen molar-refractivity contribution in [1.29, 1.82) is 0 Å². The van der Waals surface area contributed by atoms with E-state index in [-0.39, 0.29) is 0 Å². The van der Waals surface area contributed by atoms with Crippen LogP contribution in [-0.4, -0.2) is 12.1 Å². The summed E-state index contributed by atoms with van der Waals surface area (Å²) in [7, 11) is 1.67. The van der Waals surface area contributed by atoms with Crippen LogP contribution in [0.25, 0.3) is 33.6 Å². The molecule has 2 heterocycles. The Morgan fingerprint density at radius 1 is 0.867 bits per heavy atom. The maximum absolute atomic E-state index is 6.31. The number of ether oxygens (including phenoxy) is 2. The number of hydrogen-bond donors (Lipinski definition) is 0. The van der Waals surface area contributed by atoms with Crippen molar-refractivity contribution >= 4 is 11.6 Å². The molecule has 1 aromatic heterocycles. The monoisotopic (exact) mass is 413 g/mol. The Morgan fingerprint density at radius 3 is 2.33 bits per heavy atom. The molecule has 3 aromatic carbocycles. The Hall–Kier alpha value is -3.30. The molecule has 4 aromatic rings. The maximum Gasteiger partial charge on any atom is 0.129 e. The first kappa shape index (κ1) is 18.7. The van der Waals surface area contributed by atoms with E-state index < -0.39 is 0 Å². The van der Waals surface area contributed by atoms with Crippen LogP contribution in [0, 0.1) is 6.92 Å². The van der Waals surface area contributed by atoms with Gasteiger partial charge in [0.25, 0.3) is 0 Å². The molecule has 0 fully saturated rings. The summed E-state index contributed by atoms with van der Waals surface area (Å²) >= 11 is 6.31. The molecular weight excluding hydrogens is 394 g/mol. The number of pyridine rings is 1. The Morgan fingerprint density at radius 2 is 1.60 bits per heavy atom. The van der Waals surface area contributed by atoms with E-state index in [0.29, 0.717) is 11.6 Å². The molecule has 0 atom stereocenters. The summed E-state index contributed by atoms with van der Waals surface area (Å²) in [6.45, 7) is 2.55. The van der Waals surface area contributed by atoms with Crippen LogP contribution in [-0.2, 0) is 6.61 Å². The quantitative estimate of drug-likeness (QED) is 0.364. The highest BCUT2D eigenvalue weighted by Gasteiger charge is 2.24. The third-order valence-electron chi connectivity index (χ3n) is 5.44. The van der Waals surface area contributed by atoms with Crippen LogP contribution in [0.1, 0.15) is 11.1 Å². The molecular formula is C26H20ClNO2. The van der Waals surface area contributed by atoms with Gasteiger partial charge < -0.3 is 9.47 Å². The molecule has 0 radical (unpaired) electrons. The van der Waals surface area contributed by atoms with E-state index in [2.05, 4.69) is 49.4 Å². The molecule has 0 aliphatic carbocycles. The molecule has 0 amide bonds. The number of halogens is 1. The van der Waals surface area contributed by atoms with Gasteiger partial charge in [-0.15, -0.1) is 0 Å². The van der Waals surface area contributed by atoms with Gasteiger partial charge in [0.2, 0.25) is 0 Å². The number of benzene rings is 3. The fourth-order valence-corrected chi connectivity index (χ4v) is 3.98. The van der Waals surface area contributed by atoms with Gasteiger partial charge in [0.1, 0.15) is 18.1 Å². The van der Waals surface area contributed by atoms with E-state index in [1.54, 1.807) is 7.11 Å². The number of aryl methyl sites for hydroxylation is 1. The molecule has 0 spiro atoms. The second-order valence-corrected chi connectivity index (χ2v) is 7.84. The molecule has 148 valence electrons. The number of fused-ring (bicyclic) bond motifs is 3. The van der Waals surface area contributed by atoms with Gasteiger partial charge in [0, 0.05) is 21.7 Å². The average molecular weight is 414 g/mol. The Balaban J connectivity index is 1.76. The largest absolute Gasteiger partial charge is 0.497 e. The zero-order chi connectivity index (χ0) is 20.7. The molecule has 3 nitrogen and oxygen atoms in total. The van der Waals surface area contributed by atoms with E-state index in [0.717, 1.165) is 50.7 Å². The van der Waals surface area contributed by atoms with Gasteiger partial charge >= 0.3 is 0 Å². The summed E-state index contributed by atoms with van der Waals surface area (Å²) in [5.41, 5.74) is 8.32. The Kier molecular flexibility index (Phi) is 4.68. The minimum absolute atomic E-state index is 0.465. The summed E-state index contributed by atoms with van der Waals surface area (Å²) in [4.78, 5) is 5.05. The molecule has 0 saturated carbocycles. The van der Waals surface area contributed by atoms with Crippen molar-refractivity contribution < 1.29 is 9.47 Å². The summed E-state index contributed by atoms with van der Waals surface area (Å²) in [5, 5.41) is 0.665. The van der Waals surface area contributed by atoms with E-state index in [1.807, 2.05) is 30.3 Å². The zero-order valence-corrected chi connectivity index (χ0v) is 17.5. The highest BCUT2D eigenvalue weighted by Crippen LogP contribution is 2.43. The summed E-state index contributed by atoms with van der Waals surface area (Å²) in [5.74, 6) is 1.63. The highest BCUT2D eigenvalue weighted by molar-refractivity contribution is 6.31. The SMILES string of the molecule is COc1ccc(-c2cc(-c3ccc(C)cc3)nc3c2COc2ccc(Cl)cc2-3)cc1. The standard InChI is InChI=1S/C26H20ClNO2/c1-16-3-5-18(6-4-16)24-14-21(17-7-10-20(29-2)11-8-17)23-15-30-25-12-9-19(27)13-22(25)26(23)28-24/h3-14H,15H2,1-2H3. The lowest BCUT2D eigenvalue weighted by atomic mass is 9.92. The van der Waals surface area contributed by atoms with Gasteiger partial charge in [-0.05, 0) is 54.4 Å². The number of hydrogen-bond acceptors (Lipinski definition) is 3. The van der Waals surface area contributed by atoms with Gasteiger partial charge in [0.05, 0.1) is 18.5 Å². The minimum atomic E-state index is 0.465. The number of rotatable bonds is 3. The molecule has 30 heavy (non-hydrogen) atoms. The van der Waals surface area contributed by atoms with Crippen LogP contribution in [0.4, 0.5) is 0 Å². The topological polar surface area (TPSA) is 31.4 Å². The summed E-state index contributed by atoms with van der Waals surface area (Å²) < 4.78 is 11.4. The first-order valence-electron chi connectivity index (χ1n) is 9.80. The van der Waals surface area contributed by atoms with E-state index >= 15 is 0 Å². The Bertz CT molecular complexity index is 1230. The van der Waals surface area contributed by atoms with Crippen LogP contribution in [0.15, 0.2) is 72.8 Å². The Labute approximate surface area is 180 Å². The third-order valence-corrected chi connectivity index (χ3v) is 5.68. The number of nitrogens with zero attached hydrogens (tertiary/aromatic N) is 1. The van der Waals surface area contributed by atoms with Crippen molar-refractivity contribution in [3.8, 4) is 45.1 Å². The minimum Gasteiger partial charge on any atom is -0.497 e. The van der Waals surface area contributed by atoms with Crippen molar-refractivity contribution in [2.24, 2.45) is 0 Å². The van der Waals surface area contributed by atoms with Crippen molar-refractivity contribution in [3.05, 3.63) is 88.9 Å². The van der Waals surface area contributed by atoms with Crippen LogP contribution < -0.4 is 9.47 Å². The van der Waals surface area contributed by atoms with Crippen molar-refractivity contribution in [2.45, 2.75) is 13.5 Å². The van der Waals surface area contributed by atoms with Crippen molar-refractivity contribution in [2.75, 3.05) is 7.11 Å². The van der Waals surface area contributed by atoms with E-state index in [9.17, 15) is 0 Å². The zero-order valence-electron chi connectivity index (χ0n) is 16.8. The third kappa shape index (κ3) is 3.31. The predicted octanol–water partition coefficient (Wildman–Crippen LogP) is 6.95. The molecule has 1 aliphatic rings. The first-order valence-corrected chi connectivity index (χ1v) is 10.2. The molecule has 0 bridgehead atoms. The number of aromatic nitrogens is 1. The normalized spacial score (nSPS) is 12.0. The van der Waals surface area contributed by atoms with E-state index in [4.69, 9.17) is 26.1 Å². The van der Waals surface area contributed by atoms with Crippen molar-refractivity contribution in [3.63, 3.8) is 0 Å². The van der Waals surface area contributed by atoms with E-state index in [1.165, 1.54) is 5.56 Å². The van der Waals surface area contributed by atoms with Crippen LogP contribution in [0.2, 0.25) is 5.02 Å². The maximum atomic E-state index is 6.31. The lowest BCUT2D eigenvalue weighted by Gasteiger charge is -2.24. The molecule has 0 saturated heterocycles. The second kappa shape index (κ2) is 7.51. The fraction of sp³-hybridized carbons (Fsp3) is 0.115. The molecule has 0 unspecified atom stereocenters. The molecule has 5 rings (SSSR count). The summed E-state index contributed by atoms with van der Waals surface area (Å²) in [6, 6.07) is 24.4. The van der Waals surface area contributed by atoms with Crippen LogP contribution >= 0.6 is 11.6 Å². The highest BCUT2D eigenvalue weighted by atomic mass is 35.5. The molecule has 1 aliphatic heterocycles. The second-order valence-electron chi connectivity index (χ2n) is 7.41. The van der Waals surface area contributed by atoms with Gasteiger partial charge in [-0.1, -0.05) is 53.6 Å². The van der Waals surface area contributed by atoms with Gasteiger partial charge in [-0.3, -0.25) is 0 Å². The van der Waals surface area contributed by atoms with Gasteiger partial charge in [-0.25, -0.2) is 4.98 Å². The van der Waals surface area contributed by atoms with Crippen LogP contribution in [0.3, 0.4) is 0 Å². The predicted molar refractivity (Wildman–Crippen MR) is 121 cm³/mol. The van der Waals surface area contributed by atoms with Gasteiger partial charge in [-0.2, -0.15) is 0 Å². The first-order chi connectivity index (χ1) is 14.6. The number of methoxy groups -OCH3 is 1. The average Bonchev–Trinajstić information content (AvgIpc) is 2.79.